The van der Waals surface area contributed by atoms with Crippen LogP contribution < -0.4 is 5.32 Å². The summed E-state index contributed by atoms with van der Waals surface area (Å²) >= 11 is 0. The number of carbonyl (C=O) groups is 1. The van der Waals surface area contributed by atoms with E-state index < -0.39 is 31.3 Å². The van der Waals surface area contributed by atoms with Crippen molar-refractivity contribution in [3.8, 4) is 0 Å². The van der Waals surface area contributed by atoms with Gasteiger partial charge in [-0.1, -0.05) is 6.08 Å². The highest BCUT2D eigenvalue weighted by Crippen LogP contribution is 2.01. The molecular formula is C8H15NO4. The Balaban J connectivity index is 4.23. The quantitative estimate of drug-likeness (QED) is 0.379. The molecule has 0 saturated heterocycles. The minimum absolute atomic E-state index is 0.0851. The molecule has 0 aromatic heterocycles. The molecule has 0 aliphatic heterocycles. The molecule has 76 valence electrons. The van der Waals surface area contributed by atoms with Crippen LogP contribution in [0.5, 0.6) is 0 Å². The number of nitrogens with one attached hydrogen (secondary N) is 1. The second-order valence-corrected chi connectivity index (χ2v) is 2.80. The van der Waals surface area contributed by atoms with Gasteiger partial charge >= 0.3 is 0 Å². The molecule has 0 unspecified atom stereocenters. The Bertz CT molecular complexity index is 169. The molecule has 0 aromatic rings. The van der Waals surface area contributed by atoms with Gasteiger partial charge in [0.25, 0.3) is 0 Å². The lowest BCUT2D eigenvalue weighted by atomic mass is 10.0. The van der Waals surface area contributed by atoms with Gasteiger partial charge in [0.05, 0.1) is 19.8 Å². The fraction of sp³-hybridized carbons (Fsp3) is 0.625. The van der Waals surface area contributed by atoms with Crippen molar-refractivity contribution in [1.29, 1.82) is 0 Å². The summed E-state index contributed by atoms with van der Waals surface area (Å²) in [5.74, 6) is -0.396. The molecule has 0 heterocycles. The van der Waals surface area contributed by atoms with E-state index in [2.05, 4.69) is 11.9 Å². The number of aliphatic hydroxyl groups excluding tert-OH is 3. The summed E-state index contributed by atoms with van der Waals surface area (Å²) in [5.41, 5.74) is -1.33. The Kier molecular flexibility index (Phi) is 5.29. The average Bonchev–Trinajstić information content (AvgIpc) is 2.15. The number of aliphatic hydroxyl groups is 3. The predicted molar refractivity (Wildman–Crippen MR) is 46.9 cm³/mol. The Labute approximate surface area is 76.7 Å². The van der Waals surface area contributed by atoms with Crippen LogP contribution >= 0.6 is 0 Å². The van der Waals surface area contributed by atoms with Gasteiger partial charge in [-0.15, -0.1) is 6.58 Å². The van der Waals surface area contributed by atoms with E-state index in [1.54, 1.807) is 0 Å². The van der Waals surface area contributed by atoms with E-state index in [1.807, 2.05) is 0 Å². The van der Waals surface area contributed by atoms with Crippen LogP contribution in [0.15, 0.2) is 12.7 Å². The summed E-state index contributed by atoms with van der Waals surface area (Å²) in [5, 5.41) is 28.8. The highest BCUT2D eigenvalue weighted by molar-refractivity contribution is 5.78. The van der Waals surface area contributed by atoms with E-state index in [0.717, 1.165) is 0 Å². The summed E-state index contributed by atoms with van der Waals surface area (Å²) < 4.78 is 0. The topological polar surface area (TPSA) is 89.8 Å². The highest BCUT2D eigenvalue weighted by Gasteiger charge is 2.29. The molecular weight excluding hydrogens is 174 g/mol. The van der Waals surface area contributed by atoms with Gasteiger partial charge in [0.15, 0.2) is 0 Å². The van der Waals surface area contributed by atoms with Crippen molar-refractivity contribution in [3.05, 3.63) is 12.7 Å². The second-order valence-electron chi connectivity index (χ2n) is 2.80. The molecule has 5 heteroatoms. The highest BCUT2D eigenvalue weighted by atomic mass is 16.3. The van der Waals surface area contributed by atoms with Crippen molar-refractivity contribution < 1.29 is 20.1 Å². The van der Waals surface area contributed by atoms with Crippen LogP contribution in [-0.2, 0) is 4.79 Å². The van der Waals surface area contributed by atoms with Gasteiger partial charge in [-0.3, -0.25) is 4.79 Å². The van der Waals surface area contributed by atoms with E-state index in [4.69, 9.17) is 15.3 Å². The Hall–Kier alpha value is -0.910. The monoisotopic (exact) mass is 189 g/mol. The van der Waals surface area contributed by atoms with Crippen LogP contribution in [0.3, 0.4) is 0 Å². The summed E-state index contributed by atoms with van der Waals surface area (Å²) in [4.78, 5) is 11.0. The molecule has 0 rings (SSSR count). The van der Waals surface area contributed by atoms with Crippen molar-refractivity contribution in [3.63, 3.8) is 0 Å². The van der Waals surface area contributed by atoms with Crippen molar-refractivity contribution in [2.75, 3.05) is 19.8 Å². The largest absolute Gasteiger partial charge is 0.394 e. The van der Waals surface area contributed by atoms with Crippen LogP contribution in [0.1, 0.15) is 6.42 Å². The van der Waals surface area contributed by atoms with E-state index >= 15 is 0 Å². The number of hydrogen-bond donors (Lipinski definition) is 4. The fourth-order valence-electron chi connectivity index (χ4n) is 0.746. The third kappa shape index (κ3) is 3.54. The molecule has 13 heavy (non-hydrogen) atoms. The lowest BCUT2D eigenvalue weighted by molar-refractivity contribution is -0.124. The Morgan fingerprint density at radius 3 is 2.08 bits per heavy atom. The van der Waals surface area contributed by atoms with Gasteiger partial charge in [0, 0.05) is 6.42 Å². The normalized spacial score (nSPS) is 11.0. The average molecular weight is 189 g/mol. The van der Waals surface area contributed by atoms with Crippen LogP contribution in [0.4, 0.5) is 0 Å². The lowest BCUT2D eigenvalue weighted by Crippen LogP contribution is -2.56. The molecule has 5 nitrogen and oxygen atoms in total. The molecule has 1 amide bonds. The maximum Gasteiger partial charge on any atom is 0.224 e. The molecule has 0 aliphatic carbocycles. The molecule has 0 aromatic carbocycles. The molecule has 0 spiro atoms. The summed E-state index contributed by atoms with van der Waals surface area (Å²) in [7, 11) is 0. The van der Waals surface area contributed by atoms with Gasteiger partial charge in [-0.25, -0.2) is 0 Å². The van der Waals surface area contributed by atoms with Crippen LogP contribution in [0.2, 0.25) is 0 Å². The van der Waals surface area contributed by atoms with Crippen molar-refractivity contribution in [2.24, 2.45) is 0 Å². The molecule has 0 atom stereocenters. The zero-order valence-electron chi connectivity index (χ0n) is 7.36. The van der Waals surface area contributed by atoms with Gasteiger partial charge in [0.1, 0.15) is 5.54 Å². The van der Waals surface area contributed by atoms with Crippen LogP contribution in [0.25, 0.3) is 0 Å². The molecule has 4 N–H and O–H groups in total. The van der Waals surface area contributed by atoms with Gasteiger partial charge in [-0.05, 0) is 0 Å². The first kappa shape index (κ1) is 12.1. The smallest absolute Gasteiger partial charge is 0.224 e. The number of rotatable bonds is 6. The third-order valence-electron chi connectivity index (χ3n) is 1.64. The van der Waals surface area contributed by atoms with E-state index in [1.165, 1.54) is 6.08 Å². The van der Waals surface area contributed by atoms with Crippen molar-refractivity contribution >= 4 is 5.91 Å². The Morgan fingerprint density at radius 1 is 1.31 bits per heavy atom. The van der Waals surface area contributed by atoms with E-state index in [9.17, 15) is 4.79 Å². The number of carbonyl (C=O) groups excluding carboxylic acids is 1. The minimum atomic E-state index is -1.33. The number of amides is 1. The zero-order valence-corrected chi connectivity index (χ0v) is 7.36. The second kappa shape index (κ2) is 5.69. The van der Waals surface area contributed by atoms with Crippen molar-refractivity contribution in [2.45, 2.75) is 12.0 Å². The summed E-state index contributed by atoms with van der Waals surface area (Å²) in [6.07, 6.45) is 1.48. The predicted octanol–water partition coefficient (Wildman–Crippen LogP) is -1.61. The van der Waals surface area contributed by atoms with Gasteiger partial charge in [0.2, 0.25) is 5.91 Å². The third-order valence-corrected chi connectivity index (χ3v) is 1.64. The molecule has 0 bridgehead atoms. The van der Waals surface area contributed by atoms with E-state index in [0.29, 0.717) is 0 Å². The van der Waals surface area contributed by atoms with Crippen LogP contribution in [0, 0.1) is 0 Å². The van der Waals surface area contributed by atoms with Gasteiger partial charge < -0.3 is 20.6 Å². The zero-order chi connectivity index (χ0) is 10.3. The van der Waals surface area contributed by atoms with Crippen molar-refractivity contribution in [1.82, 2.24) is 5.32 Å². The lowest BCUT2D eigenvalue weighted by Gasteiger charge is -2.28. The fourth-order valence-corrected chi connectivity index (χ4v) is 0.746. The molecule has 0 aliphatic rings. The van der Waals surface area contributed by atoms with Crippen LogP contribution in [-0.4, -0.2) is 46.6 Å². The first-order chi connectivity index (χ1) is 6.14. The molecule has 0 saturated carbocycles. The minimum Gasteiger partial charge on any atom is -0.394 e. The summed E-state index contributed by atoms with van der Waals surface area (Å²) in [6.45, 7) is 1.83. The SMILES string of the molecule is C=CCC(=O)NC(CO)(CO)CO. The summed E-state index contributed by atoms with van der Waals surface area (Å²) in [6, 6.07) is 0. The molecule has 0 fully saturated rings. The Morgan fingerprint density at radius 2 is 1.77 bits per heavy atom. The number of hydrogen-bond acceptors (Lipinski definition) is 4. The molecule has 0 radical (unpaired) electrons. The maximum atomic E-state index is 11.0. The van der Waals surface area contributed by atoms with Gasteiger partial charge in [-0.2, -0.15) is 0 Å². The maximum absolute atomic E-state index is 11.0. The standard InChI is InChI=1S/C8H15NO4/c1-2-3-7(13)9-8(4-10,5-11)6-12/h2,10-12H,1,3-6H2,(H,9,13). The van der Waals surface area contributed by atoms with E-state index in [-0.39, 0.29) is 6.42 Å². The first-order valence-corrected chi connectivity index (χ1v) is 3.88. The first-order valence-electron chi connectivity index (χ1n) is 3.88.